The van der Waals surface area contributed by atoms with Crippen molar-refractivity contribution in [2.24, 2.45) is 7.05 Å². The lowest BCUT2D eigenvalue weighted by molar-refractivity contribution is -0.0429. The highest BCUT2D eigenvalue weighted by Gasteiger charge is 2.46. The Kier molecular flexibility index (Phi) is 3.69. The molecule has 22 heavy (non-hydrogen) atoms. The second-order valence-corrected chi connectivity index (χ2v) is 5.91. The minimum atomic E-state index is -5.52. The van der Waals surface area contributed by atoms with Crippen molar-refractivity contribution in [3.05, 3.63) is 24.3 Å². The second kappa shape index (κ2) is 5.09. The first kappa shape index (κ1) is 15.9. The molecule has 2 N–H and O–H groups in total. The Bertz CT molecular complexity index is 841. The van der Waals surface area contributed by atoms with Crippen molar-refractivity contribution < 1.29 is 36.2 Å². The summed E-state index contributed by atoms with van der Waals surface area (Å²) in [5.41, 5.74) is -5.29. The molecule has 1 heterocycles. The van der Waals surface area contributed by atoms with Gasteiger partial charge in [0.15, 0.2) is 0 Å². The molecule has 0 atom stereocenters. The zero-order valence-corrected chi connectivity index (χ0v) is 11.7. The van der Waals surface area contributed by atoms with Crippen LogP contribution in [0.4, 0.5) is 23.7 Å². The highest BCUT2D eigenvalue weighted by atomic mass is 32.2. The predicted molar refractivity (Wildman–Crippen MR) is 70.2 cm³/mol. The monoisotopic (exact) mass is 338 g/mol. The van der Waals surface area contributed by atoms with E-state index in [0.29, 0.717) is 10.9 Å². The fourth-order valence-corrected chi connectivity index (χ4v) is 2.34. The summed E-state index contributed by atoms with van der Waals surface area (Å²) in [6, 6.07) is 4.84. The number of carbonyl (C=O) groups is 1. The number of halogens is 3. The van der Waals surface area contributed by atoms with Crippen LogP contribution in [-0.4, -0.2) is 29.8 Å². The van der Waals surface area contributed by atoms with E-state index in [4.69, 9.17) is 5.11 Å². The molecule has 11 heteroatoms. The van der Waals surface area contributed by atoms with E-state index in [0.717, 1.165) is 12.1 Å². The summed E-state index contributed by atoms with van der Waals surface area (Å²) >= 11 is 0. The number of fused-ring (bicyclic) bond motifs is 1. The van der Waals surface area contributed by atoms with E-state index in [-0.39, 0.29) is 11.6 Å². The van der Waals surface area contributed by atoms with Crippen LogP contribution in [-0.2, 0) is 17.1 Å². The van der Waals surface area contributed by atoms with Crippen molar-refractivity contribution >= 4 is 32.8 Å². The standard InChI is InChI=1S/C11H9F3N2O5S/c1-16-8-3-2-7(15-22(19,20)11(12,13)14)4-6(8)5-9(16)21-10(17)18/h2-5,15H,1H3,(H,17,18). The van der Waals surface area contributed by atoms with Gasteiger partial charge in [-0.25, -0.2) is 4.79 Å². The maximum Gasteiger partial charge on any atom is 0.516 e. The molecule has 1 aromatic heterocycles. The fraction of sp³-hybridized carbons (Fsp3) is 0.182. The van der Waals surface area contributed by atoms with E-state index in [1.54, 1.807) is 0 Å². The number of nitrogens with zero attached hydrogens (tertiary/aromatic N) is 1. The third-order valence-corrected chi connectivity index (χ3v) is 3.86. The summed E-state index contributed by atoms with van der Waals surface area (Å²) in [4.78, 5) is 10.5. The number of rotatable bonds is 3. The highest BCUT2D eigenvalue weighted by molar-refractivity contribution is 7.93. The molecule has 2 aromatic rings. The lowest BCUT2D eigenvalue weighted by Crippen LogP contribution is -2.29. The van der Waals surface area contributed by atoms with Gasteiger partial charge in [-0.2, -0.15) is 21.6 Å². The molecule has 0 aliphatic carbocycles. The first-order chi connectivity index (χ1) is 10.0. The second-order valence-electron chi connectivity index (χ2n) is 4.23. The zero-order valence-electron chi connectivity index (χ0n) is 10.9. The van der Waals surface area contributed by atoms with Gasteiger partial charge in [0.25, 0.3) is 0 Å². The molecule has 7 nitrogen and oxygen atoms in total. The topological polar surface area (TPSA) is 97.6 Å². The van der Waals surface area contributed by atoms with Gasteiger partial charge in [-0.1, -0.05) is 0 Å². The van der Waals surface area contributed by atoms with E-state index in [2.05, 4.69) is 4.74 Å². The van der Waals surface area contributed by atoms with Gasteiger partial charge in [-0.15, -0.1) is 0 Å². The molecule has 0 saturated heterocycles. The van der Waals surface area contributed by atoms with Crippen LogP contribution in [0.3, 0.4) is 0 Å². The number of benzene rings is 1. The van der Waals surface area contributed by atoms with Crippen LogP contribution in [0.15, 0.2) is 24.3 Å². The smallest absolute Gasteiger partial charge is 0.449 e. The largest absolute Gasteiger partial charge is 0.516 e. The Labute approximate surface area is 122 Å². The first-order valence-corrected chi connectivity index (χ1v) is 7.09. The van der Waals surface area contributed by atoms with E-state index in [1.807, 2.05) is 0 Å². The number of ether oxygens (including phenoxy) is 1. The van der Waals surface area contributed by atoms with Crippen molar-refractivity contribution in [1.82, 2.24) is 4.57 Å². The van der Waals surface area contributed by atoms with E-state index in [9.17, 15) is 26.4 Å². The molecular weight excluding hydrogens is 329 g/mol. The van der Waals surface area contributed by atoms with Gasteiger partial charge in [-0.3, -0.25) is 4.72 Å². The summed E-state index contributed by atoms with van der Waals surface area (Å²) in [6.45, 7) is 0. The molecule has 0 unspecified atom stereocenters. The lowest BCUT2D eigenvalue weighted by atomic mass is 10.2. The number of nitrogens with one attached hydrogen (secondary N) is 1. The minimum Gasteiger partial charge on any atom is -0.449 e. The van der Waals surface area contributed by atoms with Gasteiger partial charge in [0, 0.05) is 24.2 Å². The van der Waals surface area contributed by atoms with E-state index < -0.39 is 21.7 Å². The van der Waals surface area contributed by atoms with Crippen molar-refractivity contribution in [3.8, 4) is 5.88 Å². The van der Waals surface area contributed by atoms with Crippen LogP contribution < -0.4 is 9.46 Å². The number of anilines is 1. The van der Waals surface area contributed by atoms with Gasteiger partial charge >= 0.3 is 21.7 Å². The van der Waals surface area contributed by atoms with Crippen LogP contribution in [0.2, 0.25) is 0 Å². The molecule has 0 spiro atoms. The fourth-order valence-electron chi connectivity index (χ4n) is 1.79. The highest BCUT2D eigenvalue weighted by Crippen LogP contribution is 2.30. The van der Waals surface area contributed by atoms with Crippen molar-refractivity contribution in [1.29, 1.82) is 0 Å². The number of carboxylic acid groups (broad SMARTS) is 1. The summed E-state index contributed by atoms with van der Waals surface area (Å²) in [5, 5.41) is 8.87. The maximum atomic E-state index is 12.3. The first-order valence-electron chi connectivity index (χ1n) is 5.60. The summed E-state index contributed by atoms with van der Waals surface area (Å²) in [6.07, 6.45) is -1.55. The van der Waals surface area contributed by atoms with Gasteiger partial charge in [0.2, 0.25) is 5.88 Å². The number of hydrogen-bond donors (Lipinski definition) is 2. The van der Waals surface area contributed by atoms with Gasteiger partial charge in [0.05, 0.1) is 5.52 Å². The molecule has 1 aromatic carbocycles. The molecule has 0 bridgehead atoms. The Balaban J connectivity index is 2.42. The normalized spacial score (nSPS) is 12.4. The lowest BCUT2D eigenvalue weighted by Gasteiger charge is -2.10. The molecule has 0 aliphatic rings. The SMILES string of the molecule is Cn1c(OC(=O)O)cc2cc(NS(=O)(=O)C(F)(F)F)ccc21. The zero-order chi connectivity index (χ0) is 16.7. The molecule has 0 saturated carbocycles. The predicted octanol–water partition coefficient (Wildman–Crippen LogP) is 2.50. The number of sulfonamides is 1. The number of hydrogen-bond acceptors (Lipinski definition) is 4. The van der Waals surface area contributed by atoms with Gasteiger partial charge in [0.1, 0.15) is 0 Å². The molecule has 2 rings (SSSR count). The van der Waals surface area contributed by atoms with Gasteiger partial charge < -0.3 is 14.4 Å². The van der Waals surface area contributed by atoms with E-state index in [1.165, 1.54) is 28.5 Å². The summed E-state index contributed by atoms with van der Waals surface area (Å²) < 4.78 is 66.2. The molecule has 0 radical (unpaired) electrons. The molecule has 0 aliphatic heterocycles. The van der Waals surface area contributed by atoms with Gasteiger partial charge in [-0.05, 0) is 18.2 Å². The molecule has 0 amide bonds. The Morgan fingerprint density at radius 1 is 1.32 bits per heavy atom. The number of alkyl halides is 3. The maximum absolute atomic E-state index is 12.3. The summed E-state index contributed by atoms with van der Waals surface area (Å²) in [5.74, 6) is -0.0571. The third kappa shape index (κ3) is 2.93. The number of aryl methyl sites for hydroxylation is 1. The van der Waals surface area contributed by atoms with Crippen molar-refractivity contribution in [2.75, 3.05) is 4.72 Å². The van der Waals surface area contributed by atoms with Crippen LogP contribution in [0.25, 0.3) is 10.9 Å². The van der Waals surface area contributed by atoms with Crippen LogP contribution in [0, 0.1) is 0 Å². The molecule has 120 valence electrons. The van der Waals surface area contributed by atoms with Crippen LogP contribution in [0.1, 0.15) is 0 Å². The number of aromatic nitrogens is 1. The average molecular weight is 338 g/mol. The summed E-state index contributed by atoms with van der Waals surface area (Å²) in [7, 11) is -4.04. The molecule has 0 fully saturated rings. The Morgan fingerprint density at radius 2 is 1.95 bits per heavy atom. The van der Waals surface area contributed by atoms with Crippen molar-refractivity contribution in [3.63, 3.8) is 0 Å². The van der Waals surface area contributed by atoms with E-state index >= 15 is 0 Å². The van der Waals surface area contributed by atoms with Crippen molar-refractivity contribution in [2.45, 2.75) is 5.51 Å². The Morgan fingerprint density at radius 3 is 2.50 bits per heavy atom. The minimum absolute atomic E-state index is 0.0571. The quantitative estimate of drug-likeness (QED) is 0.838. The van der Waals surface area contributed by atoms with Crippen LogP contribution in [0.5, 0.6) is 5.88 Å². The molecular formula is C11H9F3N2O5S. The third-order valence-electron chi connectivity index (χ3n) is 2.75. The Hall–Kier alpha value is -2.43. The van der Waals surface area contributed by atoms with Crippen LogP contribution >= 0.6 is 0 Å². The average Bonchev–Trinajstić information content (AvgIpc) is 2.63.